The summed E-state index contributed by atoms with van der Waals surface area (Å²) in [5.74, 6) is 0.489. The summed E-state index contributed by atoms with van der Waals surface area (Å²) in [4.78, 5) is 0. The topological polar surface area (TPSA) is 52.0 Å². The molecule has 0 radical (unpaired) electrons. The highest BCUT2D eigenvalue weighted by Crippen LogP contribution is 2.37. The first-order valence-electron chi connectivity index (χ1n) is 7.34. The average molecular weight is 309 g/mol. The highest BCUT2D eigenvalue weighted by Gasteiger charge is 2.22. The lowest BCUT2D eigenvalue weighted by molar-refractivity contribution is 0.345. The number of anilines is 1. The lowest BCUT2D eigenvalue weighted by Gasteiger charge is -2.20. The number of aromatic nitrogens is 1. The van der Waals surface area contributed by atoms with Crippen molar-refractivity contribution in [3.63, 3.8) is 0 Å². The Morgan fingerprint density at radius 3 is 2.76 bits per heavy atom. The molecule has 0 saturated heterocycles. The van der Waals surface area contributed by atoms with E-state index in [9.17, 15) is 4.39 Å². The second-order valence-corrected chi connectivity index (χ2v) is 6.11. The SMILES string of the molecule is Nc1onc(CC2CCCCC2)c1-c1ccc(F)cc1Cl. The number of nitrogens with two attached hydrogens (primary N) is 1. The minimum atomic E-state index is -0.368. The van der Waals surface area contributed by atoms with Gasteiger partial charge in [-0.05, 0) is 30.5 Å². The number of rotatable bonds is 3. The molecule has 3 rings (SSSR count). The van der Waals surface area contributed by atoms with Crippen LogP contribution in [0.2, 0.25) is 5.02 Å². The zero-order chi connectivity index (χ0) is 14.8. The maximum atomic E-state index is 13.2. The van der Waals surface area contributed by atoms with Gasteiger partial charge in [-0.25, -0.2) is 4.39 Å². The minimum absolute atomic E-state index is 0.245. The van der Waals surface area contributed by atoms with Crippen molar-refractivity contribution in [1.82, 2.24) is 5.16 Å². The van der Waals surface area contributed by atoms with Crippen LogP contribution >= 0.6 is 11.6 Å². The van der Waals surface area contributed by atoms with Crippen molar-refractivity contribution in [3.8, 4) is 11.1 Å². The molecule has 5 heteroatoms. The summed E-state index contributed by atoms with van der Waals surface area (Å²) < 4.78 is 18.4. The molecule has 1 saturated carbocycles. The fraction of sp³-hybridized carbons (Fsp3) is 0.438. The molecule has 0 bridgehead atoms. The second kappa shape index (κ2) is 6.06. The average Bonchev–Trinajstić information content (AvgIpc) is 2.81. The van der Waals surface area contributed by atoms with E-state index in [-0.39, 0.29) is 11.7 Å². The number of hydrogen-bond acceptors (Lipinski definition) is 3. The molecule has 0 unspecified atom stereocenters. The molecule has 0 aliphatic heterocycles. The van der Waals surface area contributed by atoms with Crippen LogP contribution < -0.4 is 5.73 Å². The summed E-state index contributed by atoms with van der Waals surface area (Å²) in [7, 11) is 0. The van der Waals surface area contributed by atoms with Gasteiger partial charge in [-0.2, -0.15) is 0 Å². The van der Waals surface area contributed by atoms with Crippen LogP contribution in [0.3, 0.4) is 0 Å². The summed E-state index contributed by atoms with van der Waals surface area (Å²) in [6.07, 6.45) is 7.11. The monoisotopic (exact) mass is 308 g/mol. The van der Waals surface area contributed by atoms with Crippen molar-refractivity contribution in [2.75, 3.05) is 5.73 Å². The Hall–Kier alpha value is -1.55. The molecule has 0 spiro atoms. The Bertz CT molecular complexity index is 635. The molecular formula is C16H18ClFN2O. The van der Waals surface area contributed by atoms with Gasteiger partial charge >= 0.3 is 0 Å². The number of nitrogens with zero attached hydrogens (tertiary/aromatic N) is 1. The summed E-state index contributed by atoms with van der Waals surface area (Å²) in [6, 6.07) is 4.29. The van der Waals surface area contributed by atoms with Gasteiger partial charge in [0.1, 0.15) is 5.82 Å². The molecule has 1 aromatic heterocycles. The van der Waals surface area contributed by atoms with Gasteiger partial charge in [-0.15, -0.1) is 0 Å². The van der Waals surface area contributed by atoms with E-state index in [1.807, 2.05) is 0 Å². The molecule has 1 aliphatic carbocycles. The van der Waals surface area contributed by atoms with Crippen molar-refractivity contribution >= 4 is 17.5 Å². The van der Waals surface area contributed by atoms with Crippen molar-refractivity contribution in [1.29, 1.82) is 0 Å². The van der Waals surface area contributed by atoms with Crippen LogP contribution in [0.25, 0.3) is 11.1 Å². The van der Waals surface area contributed by atoms with Gasteiger partial charge in [0.05, 0.1) is 16.3 Å². The van der Waals surface area contributed by atoms with E-state index < -0.39 is 0 Å². The van der Waals surface area contributed by atoms with Gasteiger partial charge in [-0.1, -0.05) is 48.9 Å². The fourth-order valence-corrected chi connectivity index (χ4v) is 3.38. The van der Waals surface area contributed by atoms with Crippen molar-refractivity contribution in [2.24, 2.45) is 5.92 Å². The van der Waals surface area contributed by atoms with Crippen molar-refractivity contribution in [3.05, 3.63) is 34.7 Å². The fourth-order valence-electron chi connectivity index (χ4n) is 3.12. The molecule has 3 nitrogen and oxygen atoms in total. The van der Waals surface area contributed by atoms with E-state index in [0.717, 1.165) is 12.1 Å². The van der Waals surface area contributed by atoms with Crippen LogP contribution in [-0.2, 0) is 6.42 Å². The van der Waals surface area contributed by atoms with Gasteiger partial charge in [0, 0.05) is 5.56 Å². The van der Waals surface area contributed by atoms with Crippen LogP contribution in [0.5, 0.6) is 0 Å². The van der Waals surface area contributed by atoms with E-state index in [1.165, 1.54) is 44.2 Å². The van der Waals surface area contributed by atoms with Crippen molar-refractivity contribution in [2.45, 2.75) is 38.5 Å². The summed E-state index contributed by atoms with van der Waals surface area (Å²) in [6.45, 7) is 0. The van der Waals surface area contributed by atoms with Gasteiger partial charge in [0.2, 0.25) is 5.88 Å². The molecule has 0 atom stereocenters. The van der Waals surface area contributed by atoms with Crippen LogP contribution in [0.1, 0.15) is 37.8 Å². The highest BCUT2D eigenvalue weighted by molar-refractivity contribution is 6.33. The third kappa shape index (κ3) is 3.05. The Labute approximate surface area is 128 Å². The Morgan fingerprint density at radius 2 is 2.05 bits per heavy atom. The summed E-state index contributed by atoms with van der Waals surface area (Å²) in [5.41, 5.74) is 8.13. The van der Waals surface area contributed by atoms with Gasteiger partial charge in [0.25, 0.3) is 0 Å². The number of hydrogen-bond donors (Lipinski definition) is 1. The largest absolute Gasteiger partial charge is 0.367 e. The number of halogens is 2. The Kier molecular flexibility index (Phi) is 4.15. The van der Waals surface area contributed by atoms with Crippen LogP contribution in [0.4, 0.5) is 10.3 Å². The summed E-state index contributed by atoms with van der Waals surface area (Å²) >= 11 is 6.14. The van der Waals surface area contributed by atoms with Crippen LogP contribution in [0.15, 0.2) is 22.7 Å². The van der Waals surface area contributed by atoms with Gasteiger partial charge in [-0.3, -0.25) is 0 Å². The Balaban J connectivity index is 1.92. The predicted molar refractivity (Wildman–Crippen MR) is 81.6 cm³/mol. The first-order valence-corrected chi connectivity index (χ1v) is 7.72. The molecule has 1 aliphatic rings. The molecule has 1 fully saturated rings. The lowest BCUT2D eigenvalue weighted by Crippen LogP contribution is -2.10. The van der Waals surface area contributed by atoms with E-state index >= 15 is 0 Å². The third-order valence-electron chi connectivity index (χ3n) is 4.20. The molecule has 21 heavy (non-hydrogen) atoms. The zero-order valence-corrected chi connectivity index (χ0v) is 12.5. The van der Waals surface area contributed by atoms with E-state index in [0.29, 0.717) is 22.1 Å². The Morgan fingerprint density at radius 1 is 1.29 bits per heavy atom. The second-order valence-electron chi connectivity index (χ2n) is 5.70. The lowest BCUT2D eigenvalue weighted by atomic mass is 9.85. The first kappa shape index (κ1) is 14.4. The molecular weight excluding hydrogens is 291 g/mol. The minimum Gasteiger partial charge on any atom is -0.367 e. The number of benzene rings is 1. The standard InChI is InChI=1S/C16H18ClFN2O/c17-13-9-11(18)6-7-12(13)15-14(20-21-16(15)19)8-10-4-2-1-3-5-10/h6-7,9-10H,1-5,8,19H2. The molecule has 0 amide bonds. The maximum Gasteiger partial charge on any atom is 0.230 e. The molecule has 2 N–H and O–H groups in total. The van der Waals surface area contributed by atoms with Gasteiger partial charge < -0.3 is 10.3 Å². The highest BCUT2D eigenvalue weighted by atomic mass is 35.5. The van der Waals surface area contributed by atoms with E-state index in [1.54, 1.807) is 6.07 Å². The molecule has 1 aromatic carbocycles. The van der Waals surface area contributed by atoms with Crippen LogP contribution in [0, 0.1) is 11.7 Å². The zero-order valence-electron chi connectivity index (χ0n) is 11.7. The van der Waals surface area contributed by atoms with Crippen LogP contribution in [-0.4, -0.2) is 5.16 Å². The predicted octanol–water partition coefficient (Wildman–Crippen LogP) is 4.84. The van der Waals surface area contributed by atoms with E-state index in [4.69, 9.17) is 21.9 Å². The normalized spacial score (nSPS) is 16.3. The maximum absolute atomic E-state index is 13.2. The summed E-state index contributed by atoms with van der Waals surface area (Å²) in [5, 5.41) is 4.43. The quantitative estimate of drug-likeness (QED) is 0.882. The van der Waals surface area contributed by atoms with Gasteiger partial charge in [0.15, 0.2) is 0 Å². The number of nitrogen functional groups attached to an aromatic ring is 1. The first-order chi connectivity index (χ1) is 10.1. The molecule has 112 valence electrons. The molecule has 2 aromatic rings. The van der Waals surface area contributed by atoms with E-state index in [2.05, 4.69) is 5.16 Å². The third-order valence-corrected chi connectivity index (χ3v) is 4.51. The smallest absolute Gasteiger partial charge is 0.230 e. The van der Waals surface area contributed by atoms with Crippen molar-refractivity contribution < 1.29 is 8.91 Å². The molecule has 1 heterocycles.